The number of nitrogens with zero attached hydrogens (tertiary/aromatic N) is 2. The van der Waals surface area contributed by atoms with Crippen LogP contribution in [0, 0.1) is 13.8 Å². The Morgan fingerprint density at radius 2 is 2.14 bits per heavy atom. The molecule has 1 heterocycles. The molecule has 6 nitrogen and oxygen atoms in total. The highest BCUT2D eigenvalue weighted by Gasteiger charge is 2.14. The molecule has 1 aromatic heterocycles. The SMILES string of the molecule is COc1ccc(CC(N)C(=O)O)cc1Cn1nc(C)cc1C. The average Bonchev–Trinajstić information content (AvgIpc) is 2.77. The minimum atomic E-state index is -1.00. The van der Waals surface area contributed by atoms with E-state index in [9.17, 15) is 4.79 Å². The van der Waals surface area contributed by atoms with Gasteiger partial charge in [-0.1, -0.05) is 12.1 Å². The number of aliphatic carboxylic acids is 1. The smallest absolute Gasteiger partial charge is 0.320 e. The van der Waals surface area contributed by atoms with Crippen LogP contribution in [0.4, 0.5) is 0 Å². The molecule has 0 saturated carbocycles. The molecule has 0 aliphatic carbocycles. The molecule has 0 aliphatic rings. The fourth-order valence-electron chi connectivity index (χ4n) is 2.42. The number of nitrogens with two attached hydrogens (primary N) is 1. The Balaban J connectivity index is 2.28. The van der Waals surface area contributed by atoms with Crippen LogP contribution < -0.4 is 10.5 Å². The van der Waals surface area contributed by atoms with Crippen molar-refractivity contribution in [3.05, 3.63) is 46.8 Å². The third kappa shape index (κ3) is 3.65. The number of aryl methyl sites for hydroxylation is 2. The molecule has 2 rings (SSSR count). The van der Waals surface area contributed by atoms with E-state index in [1.54, 1.807) is 7.11 Å². The summed E-state index contributed by atoms with van der Waals surface area (Å²) >= 11 is 0. The Bertz CT molecular complexity index is 679. The minimum Gasteiger partial charge on any atom is -0.496 e. The number of methoxy groups -OCH3 is 1. The Kier molecular flexibility index (Phi) is 4.82. The summed E-state index contributed by atoms with van der Waals surface area (Å²) in [6, 6.07) is 6.71. The van der Waals surface area contributed by atoms with Gasteiger partial charge in [-0.15, -0.1) is 0 Å². The lowest BCUT2D eigenvalue weighted by Crippen LogP contribution is -2.32. The maximum Gasteiger partial charge on any atom is 0.320 e. The van der Waals surface area contributed by atoms with Gasteiger partial charge in [0.25, 0.3) is 0 Å². The molecule has 0 radical (unpaired) electrons. The van der Waals surface area contributed by atoms with Crippen molar-refractivity contribution >= 4 is 5.97 Å². The van der Waals surface area contributed by atoms with Crippen molar-refractivity contribution < 1.29 is 14.6 Å². The minimum absolute atomic E-state index is 0.281. The number of carboxylic acid groups (broad SMARTS) is 1. The third-order valence-electron chi connectivity index (χ3n) is 3.54. The molecule has 0 saturated heterocycles. The number of carbonyl (C=O) groups is 1. The van der Waals surface area contributed by atoms with Crippen LogP contribution in [0.3, 0.4) is 0 Å². The van der Waals surface area contributed by atoms with Crippen molar-refractivity contribution in [1.82, 2.24) is 9.78 Å². The molecule has 0 spiro atoms. The van der Waals surface area contributed by atoms with E-state index in [1.807, 2.05) is 42.8 Å². The highest BCUT2D eigenvalue weighted by molar-refractivity contribution is 5.73. The van der Waals surface area contributed by atoms with Gasteiger partial charge in [-0.05, 0) is 38.0 Å². The lowest BCUT2D eigenvalue weighted by Gasteiger charge is -2.13. The van der Waals surface area contributed by atoms with Gasteiger partial charge in [0.05, 0.1) is 19.3 Å². The normalized spacial score (nSPS) is 12.2. The molecule has 0 aliphatic heterocycles. The highest BCUT2D eigenvalue weighted by atomic mass is 16.5. The summed E-state index contributed by atoms with van der Waals surface area (Å²) in [6.45, 7) is 4.51. The van der Waals surface area contributed by atoms with Crippen LogP contribution in [0.5, 0.6) is 5.75 Å². The predicted octanol–water partition coefficient (Wildman–Crippen LogP) is 1.51. The second kappa shape index (κ2) is 6.62. The van der Waals surface area contributed by atoms with E-state index in [2.05, 4.69) is 5.10 Å². The number of rotatable bonds is 6. The Hall–Kier alpha value is -2.34. The van der Waals surface area contributed by atoms with Gasteiger partial charge in [-0.3, -0.25) is 9.48 Å². The molecule has 0 amide bonds. The largest absolute Gasteiger partial charge is 0.496 e. The van der Waals surface area contributed by atoms with Gasteiger partial charge in [0, 0.05) is 11.3 Å². The van der Waals surface area contributed by atoms with E-state index in [-0.39, 0.29) is 6.42 Å². The molecule has 118 valence electrons. The fourth-order valence-corrected chi connectivity index (χ4v) is 2.42. The van der Waals surface area contributed by atoms with E-state index in [1.165, 1.54) is 0 Å². The van der Waals surface area contributed by atoms with Crippen LogP contribution in [0.1, 0.15) is 22.5 Å². The number of ether oxygens (including phenoxy) is 1. The number of hydrogen-bond acceptors (Lipinski definition) is 4. The van der Waals surface area contributed by atoms with Gasteiger partial charge in [-0.25, -0.2) is 0 Å². The number of benzene rings is 1. The second-order valence-corrected chi connectivity index (χ2v) is 5.38. The van der Waals surface area contributed by atoms with Crippen molar-refractivity contribution in [3.63, 3.8) is 0 Å². The summed E-state index contributed by atoms with van der Waals surface area (Å²) in [4.78, 5) is 10.9. The first-order chi connectivity index (χ1) is 10.4. The van der Waals surface area contributed by atoms with Gasteiger partial charge < -0.3 is 15.6 Å². The number of aromatic nitrogens is 2. The lowest BCUT2D eigenvalue weighted by atomic mass is 10.0. The van der Waals surface area contributed by atoms with Gasteiger partial charge >= 0.3 is 5.97 Å². The summed E-state index contributed by atoms with van der Waals surface area (Å²) < 4.78 is 7.28. The summed E-state index contributed by atoms with van der Waals surface area (Å²) in [5.41, 5.74) is 9.44. The summed E-state index contributed by atoms with van der Waals surface area (Å²) in [5.74, 6) is -0.254. The lowest BCUT2D eigenvalue weighted by molar-refractivity contribution is -0.138. The molecule has 3 N–H and O–H groups in total. The zero-order chi connectivity index (χ0) is 16.3. The van der Waals surface area contributed by atoms with Crippen LogP contribution in [0.25, 0.3) is 0 Å². The van der Waals surface area contributed by atoms with Crippen LogP contribution >= 0.6 is 0 Å². The van der Waals surface area contributed by atoms with Crippen molar-refractivity contribution in [1.29, 1.82) is 0 Å². The summed E-state index contributed by atoms with van der Waals surface area (Å²) in [6.07, 6.45) is 0.281. The average molecular weight is 303 g/mol. The molecular formula is C16H21N3O3. The van der Waals surface area contributed by atoms with Crippen LogP contribution in [-0.4, -0.2) is 34.0 Å². The molecule has 6 heteroatoms. The predicted molar refractivity (Wildman–Crippen MR) is 83.1 cm³/mol. The van der Waals surface area contributed by atoms with Gasteiger partial charge in [0.1, 0.15) is 11.8 Å². The molecule has 1 atom stereocenters. The molecule has 0 bridgehead atoms. The summed E-state index contributed by atoms with van der Waals surface area (Å²) in [7, 11) is 1.61. The second-order valence-electron chi connectivity index (χ2n) is 5.38. The Morgan fingerprint density at radius 1 is 1.41 bits per heavy atom. The first-order valence-corrected chi connectivity index (χ1v) is 7.06. The Morgan fingerprint density at radius 3 is 2.68 bits per heavy atom. The zero-order valence-corrected chi connectivity index (χ0v) is 13.0. The van der Waals surface area contributed by atoms with Crippen LogP contribution in [-0.2, 0) is 17.8 Å². The van der Waals surface area contributed by atoms with E-state index in [0.29, 0.717) is 6.54 Å². The van der Waals surface area contributed by atoms with Crippen molar-refractivity contribution in [2.75, 3.05) is 7.11 Å². The van der Waals surface area contributed by atoms with Crippen LogP contribution in [0.15, 0.2) is 24.3 Å². The fraction of sp³-hybridized carbons (Fsp3) is 0.375. The van der Waals surface area contributed by atoms with Gasteiger partial charge in [0.2, 0.25) is 0 Å². The Labute approximate surface area is 129 Å². The molecule has 2 aromatic rings. The number of carboxylic acids is 1. The molecule has 1 aromatic carbocycles. The summed E-state index contributed by atoms with van der Waals surface area (Å²) in [5, 5.41) is 13.4. The van der Waals surface area contributed by atoms with E-state index < -0.39 is 12.0 Å². The highest BCUT2D eigenvalue weighted by Crippen LogP contribution is 2.22. The first-order valence-electron chi connectivity index (χ1n) is 7.06. The van der Waals surface area contributed by atoms with Gasteiger partial charge in [0.15, 0.2) is 0 Å². The van der Waals surface area contributed by atoms with Crippen molar-refractivity contribution in [2.45, 2.75) is 32.9 Å². The van der Waals surface area contributed by atoms with Crippen molar-refractivity contribution in [2.24, 2.45) is 5.73 Å². The topological polar surface area (TPSA) is 90.4 Å². The standard InChI is InChI=1S/C16H21N3O3/c1-10-6-11(2)19(18-10)9-13-7-12(4-5-15(13)22-3)8-14(17)16(20)21/h4-7,14H,8-9,17H2,1-3H3,(H,20,21). The molecule has 0 fully saturated rings. The van der Waals surface area contributed by atoms with Crippen LogP contribution in [0.2, 0.25) is 0 Å². The number of hydrogen-bond donors (Lipinski definition) is 2. The zero-order valence-electron chi connectivity index (χ0n) is 13.0. The quantitative estimate of drug-likeness (QED) is 0.844. The molecule has 22 heavy (non-hydrogen) atoms. The molecule has 1 unspecified atom stereocenters. The molecular weight excluding hydrogens is 282 g/mol. The van der Waals surface area contributed by atoms with E-state index in [0.717, 1.165) is 28.3 Å². The monoisotopic (exact) mass is 303 g/mol. The van der Waals surface area contributed by atoms with E-state index >= 15 is 0 Å². The van der Waals surface area contributed by atoms with Crippen molar-refractivity contribution in [3.8, 4) is 5.75 Å². The maximum atomic E-state index is 10.9. The first kappa shape index (κ1) is 16.0. The van der Waals surface area contributed by atoms with E-state index in [4.69, 9.17) is 15.6 Å². The van der Waals surface area contributed by atoms with Gasteiger partial charge in [-0.2, -0.15) is 5.10 Å². The maximum absolute atomic E-state index is 10.9. The third-order valence-corrected chi connectivity index (χ3v) is 3.54.